The fourth-order valence-electron chi connectivity index (χ4n) is 6.22. The van der Waals surface area contributed by atoms with Crippen molar-refractivity contribution in [2.45, 2.75) is 57.7 Å². The molecule has 4 heterocycles. The molecule has 4 N–H and O–H groups in total. The average molecular weight is 739 g/mol. The van der Waals surface area contributed by atoms with E-state index in [0.717, 1.165) is 77.5 Å². The Morgan fingerprint density at radius 2 is 1.68 bits per heavy atom. The predicted molar refractivity (Wildman–Crippen MR) is 201 cm³/mol. The minimum absolute atomic E-state index is 0. The molecule has 6 rings (SSSR count). The third kappa shape index (κ3) is 9.21. The summed E-state index contributed by atoms with van der Waals surface area (Å²) in [5.74, 6) is 13.7. The van der Waals surface area contributed by atoms with Crippen molar-refractivity contribution in [2.75, 3.05) is 20.2 Å². The first-order chi connectivity index (χ1) is 22.9. The fourth-order valence-corrected chi connectivity index (χ4v) is 6.22. The number of imidazole rings is 2. The normalized spacial score (nSPS) is 16.8. The number of nitrogens with one attached hydrogen (secondary N) is 4. The number of nitrogens with zero attached hydrogens (tertiary/aromatic N) is 3. The number of aromatic amines is 2. The Hall–Kier alpha value is -4.45. The highest BCUT2D eigenvalue weighted by molar-refractivity contribution is 5.87. The lowest BCUT2D eigenvalue weighted by Gasteiger charge is -2.30. The van der Waals surface area contributed by atoms with Gasteiger partial charge >= 0.3 is 6.09 Å². The smallest absolute Gasteiger partial charge is 0.407 e. The second kappa shape index (κ2) is 18.5. The molecular weight excluding hydrogens is 697 g/mol. The van der Waals surface area contributed by atoms with Crippen LogP contribution in [0.1, 0.15) is 74.5 Å². The largest absolute Gasteiger partial charge is 0.453 e. The Morgan fingerprint density at radius 1 is 0.920 bits per heavy atom. The summed E-state index contributed by atoms with van der Waals surface area (Å²) in [4.78, 5) is 43.3. The summed E-state index contributed by atoms with van der Waals surface area (Å²) in [5.41, 5.74) is 5.43. The van der Waals surface area contributed by atoms with Gasteiger partial charge in [-0.2, -0.15) is 0 Å². The molecule has 0 aliphatic carbocycles. The van der Waals surface area contributed by atoms with Crippen LogP contribution in [-0.2, 0) is 9.53 Å². The highest BCUT2D eigenvalue weighted by Crippen LogP contribution is 2.34. The number of carbonyl (C=O) groups excluding carboxylic acids is 2. The Morgan fingerprint density at radius 3 is 2.40 bits per heavy atom. The number of hydrogen-bond donors (Lipinski definition) is 4. The fraction of sp³-hybridized carbons (Fsp3) is 0.351. The minimum atomic E-state index is -0.685. The molecule has 0 saturated carbocycles. The number of likely N-dealkylation sites (tertiary alicyclic amines) is 1. The zero-order chi connectivity index (χ0) is 32.8. The summed E-state index contributed by atoms with van der Waals surface area (Å²) in [6.07, 6.45) is 6.81. The first-order valence-corrected chi connectivity index (χ1v) is 16.1. The molecule has 0 bridgehead atoms. The van der Waals surface area contributed by atoms with Crippen LogP contribution in [0.2, 0.25) is 0 Å². The van der Waals surface area contributed by atoms with Crippen LogP contribution in [0, 0.1) is 29.6 Å². The van der Waals surface area contributed by atoms with E-state index in [9.17, 15) is 9.59 Å². The number of ether oxygens (including phenoxy) is 1. The number of hydrogen-bond acceptors (Lipinski definition) is 6. The Balaban J connectivity index is 0.00000225. The van der Waals surface area contributed by atoms with Crippen LogP contribution in [-0.4, -0.2) is 63.1 Å². The number of aromatic nitrogens is 4. The number of methoxy groups -OCH3 is 1. The van der Waals surface area contributed by atoms with Crippen molar-refractivity contribution in [3.63, 3.8) is 0 Å². The zero-order valence-electron chi connectivity index (χ0n) is 28.1. The summed E-state index contributed by atoms with van der Waals surface area (Å²) < 4.78 is 4.76. The molecule has 50 heavy (non-hydrogen) atoms. The molecule has 3 atom stereocenters. The molecule has 2 aliphatic heterocycles. The highest BCUT2D eigenvalue weighted by atomic mass is 35.5. The van der Waals surface area contributed by atoms with Crippen molar-refractivity contribution in [2.24, 2.45) is 5.92 Å². The van der Waals surface area contributed by atoms with Gasteiger partial charge in [-0.25, -0.2) is 14.8 Å². The van der Waals surface area contributed by atoms with Crippen LogP contribution >= 0.6 is 37.2 Å². The summed E-state index contributed by atoms with van der Waals surface area (Å²) in [7, 11) is 1.29. The third-order valence-corrected chi connectivity index (χ3v) is 8.70. The van der Waals surface area contributed by atoms with Gasteiger partial charge in [0.1, 0.15) is 23.4 Å². The van der Waals surface area contributed by atoms with E-state index in [1.807, 2.05) is 55.3 Å². The maximum Gasteiger partial charge on any atom is 0.407 e. The van der Waals surface area contributed by atoms with E-state index >= 15 is 0 Å². The van der Waals surface area contributed by atoms with Crippen LogP contribution in [0.3, 0.4) is 0 Å². The summed E-state index contributed by atoms with van der Waals surface area (Å²) in [5, 5.41) is 6.14. The van der Waals surface area contributed by atoms with Gasteiger partial charge in [0.2, 0.25) is 5.91 Å². The van der Waals surface area contributed by atoms with E-state index in [0.29, 0.717) is 6.54 Å². The molecule has 0 spiro atoms. The summed E-state index contributed by atoms with van der Waals surface area (Å²) >= 11 is 0. The van der Waals surface area contributed by atoms with Gasteiger partial charge in [0.15, 0.2) is 0 Å². The van der Waals surface area contributed by atoms with Crippen molar-refractivity contribution >= 4 is 49.2 Å². The van der Waals surface area contributed by atoms with Crippen LogP contribution in [0.25, 0.3) is 22.4 Å². The first kappa shape index (κ1) is 40.0. The zero-order valence-corrected chi connectivity index (χ0v) is 30.6. The number of halogens is 3. The van der Waals surface area contributed by atoms with Gasteiger partial charge in [0.25, 0.3) is 0 Å². The van der Waals surface area contributed by atoms with E-state index in [4.69, 9.17) is 9.72 Å². The van der Waals surface area contributed by atoms with Crippen LogP contribution in [0.15, 0.2) is 60.9 Å². The summed E-state index contributed by atoms with van der Waals surface area (Å²) in [6.45, 7) is 5.42. The summed E-state index contributed by atoms with van der Waals surface area (Å²) in [6, 6.07) is 15.6. The van der Waals surface area contributed by atoms with Gasteiger partial charge in [-0.3, -0.25) is 4.79 Å². The van der Waals surface area contributed by atoms with E-state index in [-0.39, 0.29) is 61.1 Å². The molecule has 0 radical (unpaired) electrons. The van der Waals surface area contributed by atoms with E-state index in [2.05, 4.69) is 67.5 Å². The van der Waals surface area contributed by atoms with Crippen molar-refractivity contribution < 1.29 is 14.3 Å². The number of carbonyl (C=O) groups is 2. The van der Waals surface area contributed by atoms with Gasteiger partial charge in [0.05, 0.1) is 37.3 Å². The number of alkyl carbamates (subject to hydrolysis) is 1. The average Bonchev–Trinajstić information content (AvgIpc) is 3.92. The Bertz CT molecular complexity index is 1860. The van der Waals surface area contributed by atoms with Gasteiger partial charge in [-0.15, -0.1) is 37.2 Å². The molecule has 2 aliphatic rings. The van der Waals surface area contributed by atoms with Crippen LogP contribution in [0.5, 0.6) is 0 Å². The predicted octanol–water partition coefficient (Wildman–Crippen LogP) is 6.60. The molecule has 4 aromatic rings. The molecule has 13 heteroatoms. The number of H-pyrrole nitrogens is 2. The third-order valence-electron chi connectivity index (χ3n) is 8.70. The number of rotatable bonds is 7. The lowest BCUT2D eigenvalue weighted by Crippen LogP contribution is -2.51. The molecule has 2 fully saturated rings. The van der Waals surface area contributed by atoms with Crippen molar-refractivity contribution in [3.8, 4) is 46.1 Å². The van der Waals surface area contributed by atoms with E-state index in [1.165, 1.54) is 7.11 Å². The maximum absolute atomic E-state index is 13.6. The molecule has 2 aromatic heterocycles. The number of amides is 2. The van der Waals surface area contributed by atoms with Crippen molar-refractivity contribution in [1.29, 1.82) is 0 Å². The van der Waals surface area contributed by atoms with Crippen LogP contribution < -0.4 is 10.6 Å². The van der Waals surface area contributed by atoms with E-state index < -0.39 is 12.1 Å². The Labute approximate surface area is 311 Å². The monoisotopic (exact) mass is 737 g/mol. The highest BCUT2D eigenvalue weighted by Gasteiger charge is 2.37. The second-order valence-electron chi connectivity index (χ2n) is 12.2. The first-order valence-electron chi connectivity index (χ1n) is 16.1. The van der Waals surface area contributed by atoms with Crippen molar-refractivity contribution in [3.05, 3.63) is 83.8 Å². The standard InChI is InChI=1S/C37H39N7O3.3ClH/c1-24(2)33(43-37(46)47-3)36(45)44-20-10-16-32(44)35-40-23-31(42-35)27-18-17-26(29(21-27)25-11-5-4-6-12-25)13-7-8-14-28-22-39-34(41-28)30-15-9-19-38-30;;;/h4-6,11-12,17-18,21-24,30,32-33,38H,9-10,15-16,19-20H2,1-3H3,(H,39,41)(H,40,42)(H,43,46);3*1H/t30-,32-,33-;;;/m0.../s1. The van der Waals surface area contributed by atoms with Crippen molar-refractivity contribution in [1.82, 2.24) is 35.5 Å². The van der Waals surface area contributed by atoms with Gasteiger partial charge in [-0.1, -0.05) is 56.2 Å². The van der Waals surface area contributed by atoms with Gasteiger partial charge < -0.3 is 30.2 Å². The minimum Gasteiger partial charge on any atom is -0.453 e. The molecule has 264 valence electrons. The van der Waals surface area contributed by atoms with Crippen LogP contribution in [0.4, 0.5) is 4.79 Å². The molecule has 2 saturated heterocycles. The lowest BCUT2D eigenvalue weighted by molar-refractivity contribution is -0.135. The maximum atomic E-state index is 13.6. The molecule has 0 unspecified atom stereocenters. The topological polar surface area (TPSA) is 128 Å². The van der Waals surface area contributed by atoms with E-state index in [1.54, 1.807) is 6.20 Å². The molecular formula is C37H42Cl3N7O3. The molecule has 2 aromatic carbocycles. The lowest BCUT2D eigenvalue weighted by atomic mass is 9.96. The SMILES string of the molecule is COC(=O)N[C@H](C(=O)N1CCC[C@H]1c1ncc(-c2ccc(C#CC#Cc3cnc([C@@H]4CCCN4)[nH]3)c(-c3ccccc3)c2)[nH]1)C(C)C.Cl.Cl.Cl. The molecule has 2 amide bonds. The quantitative estimate of drug-likeness (QED) is 0.158. The second-order valence-corrected chi connectivity index (χ2v) is 12.2. The number of benzene rings is 2. The molecule has 10 nitrogen and oxygen atoms in total. The Kier molecular flexibility index (Phi) is 14.8. The van der Waals surface area contributed by atoms with Gasteiger partial charge in [-0.05, 0) is 79.2 Å². The van der Waals surface area contributed by atoms with Gasteiger partial charge in [0, 0.05) is 17.7 Å².